The second-order valence-corrected chi connectivity index (χ2v) is 9.27. The molecule has 1 saturated heterocycles. The zero-order chi connectivity index (χ0) is 21.8. The molecule has 4 heterocycles. The van der Waals surface area contributed by atoms with Crippen molar-refractivity contribution in [1.29, 1.82) is 0 Å². The van der Waals surface area contributed by atoms with Gasteiger partial charge >= 0.3 is 0 Å². The van der Waals surface area contributed by atoms with E-state index in [1.807, 2.05) is 41.2 Å². The van der Waals surface area contributed by atoms with E-state index < -0.39 is 0 Å². The number of carbonyl (C=O) groups is 1. The zero-order valence-corrected chi connectivity index (χ0v) is 19.0. The fraction of sp³-hybridized carbons (Fsp3) is 0.261. The van der Waals surface area contributed by atoms with Crippen molar-refractivity contribution in [2.45, 2.75) is 6.04 Å². The van der Waals surface area contributed by atoms with Gasteiger partial charge in [0, 0.05) is 41.7 Å². The third-order valence-electron chi connectivity index (χ3n) is 5.40. The second-order valence-electron chi connectivity index (χ2n) is 7.44. The van der Waals surface area contributed by atoms with Gasteiger partial charge in [-0.3, -0.25) is 9.69 Å². The number of nitrogens with one attached hydrogen (secondary N) is 1. The Hall–Kier alpha value is -2.85. The number of para-hydroxylation sites is 1. The van der Waals surface area contributed by atoms with Gasteiger partial charge in [-0.05, 0) is 23.6 Å². The lowest BCUT2D eigenvalue weighted by Crippen LogP contribution is -2.43. The molecule has 9 heteroatoms. The number of thiazole rings is 1. The normalized spacial score (nSPS) is 15.5. The lowest BCUT2D eigenvalue weighted by Gasteiger charge is -2.34. The molecule has 4 aromatic rings. The number of hydrogen-bond acceptors (Lipinski definition) is 7. The summed E-state index contributed by atoms with van der Waals surface area (Å²) in [5, 5.41) is 12.2. The number of aromatic nitrogens is 3. The van der Waals surface area contributed by atoms with Crippen LogP contribution in [-0.4, -0.2) is 58.4 Å². The standard InChI is InChI=1S/C23H23N5O2S2/c29-22(24-14-20(21-7-4-12-31-21)27-8-10-30-11-9-27)19-16-32-23(26-19)17-13-25-28(15-17)18-5-2-1-3-6-18/h1-7,12-13,15-16,20H,8-11,14H2,(H,24,29). The van der Waals surface area contributed by atoms with Crippen LogP contribution in [0.2, 0.25) is 0 Å². The molecule has 0 spiro atoms. The van der Waals surface area contributed by atoms with E-state index in [2.05, 4.69) is 37.8 Å². The second kappa shape index (κ2) is 9.74. The van der Waals surface area contributed by atoms with Gasteiger partial charge in [0.05, 0.1) is 31.1 Å². The molecule has 1 unspecified atom stereocenters. The van der Waals surface area contributed by atoms with Crippen LogP contribution in [0.4, 0.5) is 0 Å². The molecule has 1 N–H and O–H groups in total. The molecule has 1 aliphatic heterocycles. The predicted molar refractivity (Wildman–Crippen MR) is 126 cm³/mol. The average molecular weight is 466 g/mol. The van der Waals surface area contributed by atoms with Gasteiger partial charge in [-0.2, -0.15) is 5.10 Å². The van der Waals surface area contributed by atoms with Crippen LogP contribution in [0.25, 0.3) is 16.3 Å². The van der Waals surface area contributed by atoms with E-state index in [0.29, 0.717) is 12.2 Å². The maximum absolute atomic E-state index is 12.8. The Morgan fingerprint density at radius 2 is 1.97 bits per heavy atom. The van der Waals surface area contributed by atoms with Crippen LogP contribution in [0, 0.1) is 0 Å². The Balaban J connectivity index is 1.26. The molecule has 0 radical (unpaired) electrons. The van der Waals surface area contributed by atoms with Crippen molar-refractivity contribution in [3.63, 3.8) is 0 Å². The zero-order valence-electron chi connectivity index (χ0n) is 17.4. The van der Waals surface area contributed by atoms with Crippen LogP contribution < -0.4 is 5.32 Å². The van der Waals surface area contributed by atoms with Crippen LogP contribution in [0.1, 0.15) is 21.4 Å². The highest BCUT2D eigenvalue weighted by atomic mass is 32.1. The molecule has 1 amide bonds. The largest absolute Gasteiger partial charge is 0.379 e. The highest BCUT2D eigenvalue weighted by Crippen LogP contribution is 2.27. The number of hydrogen-bond donors (Lipinski definition) is 1. The number of carbonyl (C=O) groups excluding carboxylic acids is 1. The molecule has 5 rings (SSSR count). The number of nitrogens with zero attached hydrogens (tertiary/aromatic N) is 4. The first-order valence-corrected chi connectivity index (χ1v) is 12.2. The van der Waals surface area contributed by atoms with Crippen molar-refractivity contribution in [2.24, 2.45) is 0 Å². The molecule has 0 saturated carbocycles. The first-order chi connectivity index (χ1) is 15.8. The van der Waals surface area contributed by atoms with Crippen LogP contribution >= 0.6 is 22.7 Å². The highest BCUT2D eigenvalue weighted by molar-refractivity contribution is 7.13. The van der Waals surface area contributed by atoms with E-state index in [1.165, 1.54) is 16.2 Å². The van der Waals surface area contributed by atoms with Crippen molar-refractivity contribution in [3.05, 3.63) is 76.2 Å². The van der Waals surface area contributed by atoms with Gasteiger partial charge in [-0.15, -0.1) is 22.7 Å². The molecule has 7 nitrogen and oxygen atoms in total. The summed E-state index contributed by atoms with van der Waals surface area (Å²) in [7, 11) is 0. The van der Waals surface area contributed by atoms with E-state index in [-0.39, 0.29) is 11.9 Å². The number of benzene rings is 1. The highest BCUT2D eigenvalue weighted by Gasteiger charge is 2.24. The van der Waals surface area contributed by atoms with Crippen LogP contribution in [0.15, 0.2) is 65.6 Å². The molecule has 164 valence electrons. The van der Waals surface area contributed by atoms with Crippen LogP contribution in [0.5, 0.6) is 0 Å². The topological polar surface area (TPSA) is 72.3 Å². The average Bonchev–Trinajstić information content (AvgIpc) is 3.62. The Morgan fingerprint density at radius 3 is 2.75 bits per heavy atom. The minimum Gasteiger partial charge on any atom is -0.379 e. The molecule has 1 atom stereocenters. The van der Waals surface area contributed by atoms with E-state index in [4.69, 9.17) is 4.74 Å². The Bertz CT molecular complexity index is 1150. The van der Waals surface area contributed by atoms with Gasteiger partial charge in [0.1, 0.15) is 10.7 Å². The molecule has 0 aliphatic carbocycles. The third kappa shape index (κ3) is 4.66. The van der Waals surface area contributed by atoms with Crippen molar-refractivity contribution in [2.75, 3.05) is 32.8 Å². The van der Waals surface area contributed by atoms with E-state index in [9.17, 15) is 4.79 Å². The summed E-state index contributed by atoms with van der Waals surface area (Å²) >= 11 is 3.17. The molecule has 1 aromatic carbocycles. The summed E-state index contributed by atoms with van der Waals surface area (Å²) < 4.78 is 7.31. The molecular weight excluding hydrogens is 442 g/mol. The smallest absolute Gasteiger partial charge is 0.270 e. The maximum atomic E-state index is 12.8. The summed E-state index contributed by atoms with van der Waals surface area (Å²) in [4.78, 5) is 21.0. The molecule has 1 aliphatic rings. The molecule has 3 aromatic heterocycles. The summed E-state index contributed by atoms with van der Waals surface area (Å²) in [6.07, 6.45) is 3.71. The van der Waals surface area contributed by atoms with E-state index in [1.54, 1.807) is 22.9 Å². The molecular formula is C23H23N5O2S2. The number of morpholine rings is 1. The minimum atomic E-state index is -0.155. The third-order valence-corrected chi connectivity index (χ3v) is 7.27. The van der Waals surface area contributed by atoms with Crippen LogP contribution in [-0.2, 0) is 4.74 Å². The first kappa shape index (κ1) is 21.0. The van der Waals surface area contributed by atoms with E-state index in [0.717, 1.165) is 42.6 Å². The number of rotatable bonds is 7. The summed E-state index contributed by atoms with van der Waals surface area (Å²) in [5.74, 6) is -0.155. The van der Waals surface area contributed by atoms with Gasteiger partial charge in [0.25, 0.3) is 5.91 Å². The Labute approximate surface area is 194 Å². The number of amides is 1. The minimum absolute atomic E-state index is 0.144. The first-order valence-electron chi connectivity index (χ1n) is 10.5. The molecule has 0 bridgehead atoms. The predicted octanol–water partition coefficient (Wildman–Crippen LogP) is 3.86. The van der Waals surface area contributed by atoms with Gasteiger partial charge in [-0.25, -0.2) is 9.67 Å². The lowest BCUT2D eigenvalue weighted by atomic mass is 10.2. The van der Waals surface area contributed by atoms with E-state index >= 15 is 0 Å². The van der Waals surface area contributed by atoms with Gasteiger partial charge < -0.3 is 10.1 Å². The van der Waals surface area contributed by atoms with Crippen molar-refractivity contribution >= 4 is 28.6 Å². The fourth-order valence-electron chi connectivity index (χ4n) is 3.73. The molecule has 32 heavy (non-hydrogen) atoms. The number of thiophene rings is 1. The molecule has 1 fully saturated rings. The SMILES string of the molecule is O=C(NCC(c1cccs1)N1CCOCC1)c1csc(-c2cnn(-c3ccccc3)c2)n1. The van der Waals surface area contributed by atoms with Gasteiger partial charge in [-0.1, -0.05) is 24.3 Å². The maximum Gasteiger partial charge on any atom is 0.270 e. The Kier molecular flexibility index (Phi) is 6.40. The van der Waals surface area contributed by atoms with Gasteiger partial charge in [0.2, 0.25) is 0 Å². The lowest BCUT2D eigenvalue weighted by molar-refractivity contribution is 0.0169. The Morgan fingerprint density at radius 1 is 1.12 bits per heavy atom. The number of ether oxygens (including phenoxy) is 1. The van der Waals surface area contributed by atoms with Gasteiger partial charge in [0.15, 0.2) is 0 Å². The summed E-state index contributed by atoms with van der Waals surface area (Å²) in [6, 6.07) is 14.2. The van der Waals surface area contributed by atoms with Crippen molar-refractivity contribution < 1.29 is 9.53 Å². The fourth-order valence-corrected chi connectivity index (χ4v) is 5.36. The monoisotopic (exact) mass is 465 g/mol. The quantitative estimate of drug-likeness (QED) is 0.449. The summed E-state index contributed by atoms with van der Waals surface area (Å²) in [5.41, 5.74) is 2.31. The summed E-state index contributed by atoms with van der Waals surface area (Å²) in [6.45, 7) is 3.72. The van der Waals surface area contributed by atoms with Crippen molar-refractivity contribution in [1.82, 2.24) is 25.0 Å². The van der Waals surface area contributed by atoms with Crippen molar-refractivity contribution in [3.8, 4) is 16.3 Å². The van der Waals surface area contributed by atoms with Crippen LogP contribution in [0.3, 0.4) is 0 Å².